The molecule has 0 spiro atoms. The molecule has 3 aliphatic heterocycles. The van der Waals surface area contributed by atoms with E-state index in [-0.39, 0.29) is 19.1 Å². The fourth-order valence-electron chi connectivity index (χ4n) is 7.51. The largest absolute Gasteiger partial charge is 0.497 e. The summed E-state index contributed by atoms with van der Waals surface area (Å²) in [6.45, 7) is 13.4. The molecule has 0 aliphatic carbocycles. The molecule has 2 aromatic carbocycles. The van der Waals surface area contributed by atoms with E-state index in [0.29, 0.717) is 30.8 Å². The molecule has 0 N–H and O–H groups in total. The van der Waals surface area contributed by atoms with E-state index in [9.17, 15) is 9.59 Å². The second-order valence-corrected chi connectivity index (χ2v) is 19.3. The molecule has 0 bridgehead atoms. The predicted molar refractivity (Wildman–Crippen MR) is 204 cm³/mol. The fourth-order valence-corrected chi connectivity index (χ4v) is 10.4. The Morgan fingerprint density at radius 1 is 0.673 bits per heavy atom. The van der Waals surface area contributed by atoms with E-state index in [4.69, 9.17) is 51.8 Å². The Morgan fingerprint density at radius 2 is 1.29 bits per heavy atom. The number of benzene rings is 2. The maximum absolute atomic E-state index is 12.6. The van der Waals surface area contributed by atoms with Crippen molar-refractivity contribution in [1.29, 1.82) is 0 Å². The first-order valence-corrected chi connectivity index (χ1v) is 22.3. The van der Waals surface area contributed by atoms with E-state index < -0.39 is 81.9 Å². The maximum Gasteiger partial charge on any atom is 0.344 e. The standard InChI is InChI=1S/C41H60O13Si/c1-9-55(10-2,11-3)54-35-24-38(50-32-19-17-30(44-8)18-20-32)47-28(6)41(35)53-39-23-34(40(27(5)48-39)49-29(7)42)52-37-22-21-33(26(4)46-37)51-36(43)25-45-31-15-13-12-14-16-31/h12-20,26-28,33-35,37-41H,9-11,21-25H2,1-8H3/t26-,27+,28+,33-,34+,35+,37-,38-,39-,40+,41+/m0/s1. The van der Waals surface area contributed by atoms with Crippen LogP contribution in [-0.4, -0.2) is 102 Å². The first kappa shape index (κ1) is 42.9. The fraction of sp³-hybridized carbons (Fsp3) is 0.659. The van der Waals surface area contributed by atoms with Crippen molar-refractivity contribution in [3.8, 4) is 17.2 Å². The zero-order valence-corrected chi connectivity index (χ0v) is 34.5. The number of para-hydroxylation sites is 1. The molecule has 14 heteroatoms. The van der Waals surface area contributed by atoms with Gasteiger partial charge < -0.3 is 51.8 Å². The van der Waals surface area contributed by atoms with Gasteiger partial charge in [-0.3, -0.25) is 4.79 Å². The minimum absolute atomic E-state index is 0.204. The van der Waals surface area contributed by atoms with Gasteiger partial charge >= 0.3 is 11.9 Å². The molecule has 3 saturated heterocycles. The van der Waals surface area contributed by atoms with E-state index in [0.717, 1.165) is 23.9 Å². The molecule has 5 rings (SSSR count). The predicted octanol–water partition coefficient (Wildman–Crippen LogP) is 6.95. The third-order valence-electron chi connectivity index (χ3n) is 10.8. The van der Waals surface area contributed by atoms with Crippen molar-refractivity contribution >= 4 is 20.3 Å². The monoisotopic (exact) mass is 788 g/mol. The summed E-state index contributed by atoms with van der Waals surface area (Å²) in [6.07, 6.45) is -4.12. The highest BCUT2D eigenvalue weighted by Crippen LogP contribution is 2.37. The van der Waals surface area contributed by atoms with Crippen LogP contribution >= 0.6 is 0 Å². The van der Waals surface area contributed by atoms with Crippen molar-refractivity contribution in [1.82, 2.24) is 0 Å². The zero-order chi connectivity index (χ0) is 39.5. The van der Waals surface area contributed by atoms with Gasteiger partial charge in [-0.2, -0.15) is 0 Å². The number of esters is 2. The number of hydrogen-bond donors (Lipinski definition) is 0. The highest BCUT2D eigenvalue weighted by Gasteiger charge is 2.48. The van der Waals surface area contributed by atoms with Gasteiger partial charge in [0, 0.05) is 26.2 Å². The Balaban J connectivity index is 1.24. The summed E-state index contributed by atoms with van der Waals surface area (Å²) in [4.78, 5) is 24.8. The van der Waals surface area contributed by atoms with Gasteiger partial charge in [0.05, 0.1) is 31.5 Å². The molecule has 3 heterocycles. The van der Waals surface area contributed by atoms with Crippen molar-refractivity contribution in [3.63, 3.8) is 0 Å². The van der Waals surface area contributed by atoms with Crippen LogP contribution in [0.2, 0.25) is 18.1 Å². The first-order chi connectivity index (χ1) is 26.4. The molecule has 0 saturated carbocycles. The molecular weight excluding hydrogens is 729 g/mol. The molecule has 0 radical (unpaired) electrons. The Morgan fingerprint density at radius 3 is 1.93 bits per heavy atom. The minimum Gasteiger partial charge on any atom is -0.497 e. The van der Waals surface area contributed by atoms with Crippen LogP contribution in [0.3, 0.4) is 0 Å². The van der Waals surface area contributed by atoms with Crippen LogP contribution in [0.1, 0.15) is 74.1 Å². The highest BCUT2D eigenvalue weighted by molar-refractivity contribution is 6.73. The lowest BCUT2D eigenvalue weighted by Crippen LogP contribution is -2.58. The van der Waals surface area contributed by atoms with Crippen molar-refractivity contribution in [2.75, 3.05) is 13.7 Å². The third kappa shape index (κ3) is 11.9. The first-order valence-electron chi connectivity index (χ1n) is 19.7. The van der Waals surface area contributed by atoms with Crippen LogP contribution in [0.25, 0.3) is 0 Å². The number of hydrogen-bond acceptors (Lipinski definition) is 13. The molecule has 0 amide bonds. The van der Waals surface area contributed by atoms with Gasteiger partial charge in [0.15, 0.2) is 33.6 Å². The van der Waals surface area contributed by atoms with Gasteiger partial charge in [-0.15, -0.1) is 0 Å². The average Bonchev–Trinajstić information content (AvgIpc) is 3.17. The molecule has 2 aromatic rings. The van der Waals surface area contributed by atoms with Crippen LogP contribution in [-0.2, 0) is 47.2 Å². The van der Waals surface area contributed by atoms with Crippen molar-refractivity contribution < 1.29 is 61.4 Å². The van der Waals surface area contributed by atoms with E-state index in [1.165, 1.54) is 6.92 Å². The molecular formula is C41H60O13Si. The summed E-state index contributed by atoms with van der Waals surface area (Å²) in [6, 6.07) is 19.4. The van der Waals surface area contributed by atoms with E-state index in [1.807, 2.05) is 63.2 Å². The summed E-state index contributed by atoms with van der Waals surface area (Å²) < 4.78 is 68.0. The van der Waals surface area contributed by atoms with Gasteiger partial charge in [0.1, 0.15) is 35.6 Å². The molecule has 3 aliphatic rings. The number of ether oxygens (including phenoxy) is 10. The molecule has 0 unspecified atom stereocenters. The molecule has 13 nitrogen and oxygen atoms in total. The molecule has 3 fully saturated rings. The van der Waals surface area contributed by atoms with Crippen molar-refractivity contribution in [3.05, 3.63) is 54.6 Å². The smallest absolute Gasteiger partial charge is 0.344 e. The van der Waals surface area contributed by atoms with E-state index in [1.54, 1.807) is 19.2 Å². The lowest BCUT2D eigenvalue weighted by atomic mass is 9.99. The Bertz CT molecular complexity index is 1470. The summed E-state index contributed by atoms with van der Waals surface area (Å²) in [5.41, 5.74) is 0. The van der Waals surface area contributed by atoms with Crippen LogP contribution in [0, 0.1) is 0 Å². The quantitative estimate of drug-likeness (QED) is 0.121. The number of methoxy groups -OCH3 is 1. The third-order valence-corrected chi connectivity index (χ3v) is 15.5. The Kier molecular flexibility index (Phi) is 15.8. The second kappa shape index (κ2) is 20.3. The molecule has 55 heavy (non-hydrogen) atoms. The molecule has 11 atom stereocenters. The lowest BCUT2D eigenvalue weighted by Gasteiger charge is -2.47. The van der Waals surface area contributed by atoms with Crippen LogP contribution < -0.4 is 14.2 Å². The summed E-state index contributed by atoms with van der Waals surface area (Å²) in [5, 5.41) is 0. The number of rotatable bonds is 17. The topological polar surface area (TPSA) is 136 Å². The second-order valence-electron chi connectivity index (χ2n) is 14.5. The van der Waals surface area contributed by atoms with Gasteiger partial charge in [-0.05, 0) is 81.7 Å². The van der Waals surface area contributed by atoms with Gasteiger partial charge in [-0.1, -0.05) is 39.0 Å². The van der Waals surface area contributed by atoms with E-state index in [2.05, 4.69) is 20.8 Å². The van der Waals surface area contributed by atoms with Gasteiger partial charge in [0.2, 0.25) is 6.29 Å². The normalized spacial score (nSPS) is 31.2. The summed E-state index contributed by atoms with van der Waals surface area (Å²) in [7, 11) is -0.463. The van der Waals surface area contributed by atoms with Crippen LogP contribution in [0.15, 0.2) is 54.6 Å². The maximum atomic E-state index is 12.6. The number of carbonyl (C=O) groups excluding carboxylic acids is 2. The SMILES string of the molecule is CC[Si](CC)(CC)O[C@@H]1C[C@H](Oc2ccc(OC)cc2)O[C@H](C)[C@H]1O[C@H]1C[C@@H](O[C@H]2CC[C@H](OC(=O)COc3ccccc3)[C@H](C)O2)[C@H](OC(C)=O)[C@@H](C)O1. The Hall–Kier alpha value is -3.24. The zero-order valence-electron chi connectivity index (χ0n) is 33.5. The Labute approximate surface area is 326 Å². The molecule has 0 aromatic heterocycles. The van der Waals surface area contributed by atoms with Crippen molar-refractivity contribution in [2.24, 2.45) is 0 Å². The summed E-state index contributed by atoms with van der Waals surface area (Å²) in [5.74, 6) is 1.08. The summed E-state index contributed by atoms with van der Waals surface area (Å²) >= 11 is 0. The van der Waals surface area contributed by atoms with Gasteiger partial charge in [-0.25, -0.2) is 4.79 Å². The van der Waals surface area contributed by atoms with Crippen LogP contribution in [0.5, 0.6) is 17.2 Å². The molecule has 306 valence electrons. The van der Waals surface area contributed by atoms with Crippen LogP contribution in [0.4, 0.5) is 0 Å². The average molecular weight is 789 g/mol. The number of carbonyl (C=O) groups is 2. The van der Waals surface area contributed by atoms with Gasteiger partial charge in [0.25, 0.3) is 0 Å². The highest BCUT2D eigenvalue weighted by atomic mass is 28.4. The van der Waals surface area contributed by atoms with Crippen molar-refractivity contribution in [2.45, 2.75) is 160 Å². The lowest BCUT2D eigenvalue weighted by molar-refractivity contribution is -0.323. The minimum atomic E-state index is -2.09. The van der Waals surface area contributed by atoms with E-state index >= 15 is 0 Å².